The molecular weight excluding hydrogens is 294 g/mol. The van der Waals surface area contributed by atoms with Crippen molar-refractivity contribution >= 4 is 38.9 Å². The zero-order valence-corrected chi connectivity index (χ0v) is 10.9. The van der Waals surface area contributed by atoms with Gasteiger partial charge in [-0.2, -0.15) is 5.26 Å². The normalized spacial score (nSPS) is 9.78. The van der Waals surface area contributed by atoms with E-state index in [0.29, 0.717) is 17.1 Å². The van der Waals surface area contributed by atoms with Crippen LogP contribution in [0.5, 0.6) is 0 Å². The Morgan fingerprint density at radius 1 is 1.22 bits per heavy atom. The van der Waals surface area contributed by atoms with Crippen molar-refractivity contribution in [1.82, 2.24) is 4.98 Å². The minimum Gasteiger partial charge on any atom is -0.396 e. The highest BCUT2D eigenvalue weighted by atomic mass is 79.9. The van der Waals surface area contributed by atoms with E-state index < -0.39 is 0 Å². The summed E-state index contributed by atoms with van der Waals surface area (Å²) in [4.78, 5) is 4.10. The number of hydrogen-bond donors (Lipinski definition) is 3. The lowest BCUT2D eigenvalue weighted by molar-refractivity contribution is 1.31. The number of rotatable bonds is 2. The summed E-state index contributed by atoms with van der Waals surface area (Å²) in [5, 5.41) is 11.9. The van der Waals surface area contributed by atoms with Crippen LogP contribution in [0.1, 0.15) is 5.56 Å². The Labute approximate surface area is 113 Å². The Bertz CT molecular complexity index is 633. The number of nitrogens with zero attached hydrogens (tertiary/aromatic N) is 2. The van der Waals surface area contributed by atoms with Crippen molar-refractivity contribution in [2.24, 2.45) is 0 Å². The SMILES string of the molecule is N#Cc1ccc(Nc2ccc(N)c(N)n2)cc1Br. The number of nitrogens with two attached hydrogens (primary N) is 2. The molecule has 0 aliphatic rings. The Balaban J connectivity index is 2.26. The number of nitriles is 1. The molecule has 0 atom stereocenters. The van der Waals surface area contributed by atoms with Crippen LogP contribution in [-0.2, 0) is 0 Å². The van der Waals surface area contributed by atoms with E-state index in [0.717, 1.165) is 10.2 Å². The number of nitrogen functional groups attached to an aromatic ring is 2. The summed E-state index contributed by atoms with van der Waals surface area (Å²) >= 11 is 3.32. The first-order chi connectivity index (χ1) is 8.60. The zero-order chi connectivity index (χ0) is 13.1. The molecule has 0 fully saturated rings. The van der Waals surface area contributed by atoms with E-state index >= 15 is 0 Å². The van der Waals surface area contributed by atoms with E-state index in [4.69, 9.17) is 16.7 Å². The maximum Gasteiger partial charge on any atom is 0.149 e. The van der Waals surface area contributed by atoms with E-state index in [1.807, 2.05) is 0 Å². The molecular formula is C12H10BrN5. The van der Waals surface area contributed by atoms with Gasteiger partial charge in [-0.05, 0) is 46.3 Å². The van der Waals surface area contributed by atoms with E-state index in [9.17, 15) is 0 Å². The summed E-state index contributed by atoms with van der Waals surface area (Å²) in [6.07, 6.45) is 0. The molecule has 90 valence electrons. The third-order valence-electron chi connectivity index (χ3n) is 2.32. The smallest absolute Gasteiger partial charge is 0.149 e. The second-order valence-corrected chi connectivity index (χ2v) is 4.46. The standard InChI is InChI=1S/C12H10BrN5/c13-9-5-8(2-1-7(9)6-14)17-11-4-3-10(15)12(16)18-11/h1-5H,15H2,(H3,16,17,18). The second kappa shape index (κ2) is 4.94. The number of nitrogens with one attached hydrogen (secondary N) is 1. The van der Waals surface area contributed by atoms with Gasteiger partial charge in [0.2, 0.25) is 0 Å². The summed E-state index contributed by atoms with van der Waals surface area (Å²) < 4.78 is 0.721. The average molecular weight is 304 g/mol. The van der Waals surface area contributed by atoms with Crippen LogP contribution in [0.25, 0.3) is 0 Å². The molecule has 0 radical (unpaired) electrons. The average Bonchev–Trinajstić information content (AvgIpc) is 2.34. The third kappa shape index (κ3) is 2.52. The minimum absolute atomic E-state index is 0.285. The van der Waals surface area contributed by atoms with Gasteiger partial charge in [-0.3, -0.25) is 0 Å². The molecule has 2 aromatic rings. The lowest BCUT2D eigenvalue weighted by atomic mass is 10.2. The summed E-state index contributed by atoms with van der Waals surface area (Å²) in [5.74, 6) is 0.881. The van der Waals surface area contributed by atoms with Crippen molar-refractivity contribution in [3.05, 3.63) is 40.4 Å². The van der Waals surface area contributed by atoms with Gasteiger partial charge in [-0.15, -0.1) is 0 Å². The highest BCUT2D eigenvalue weighted by Gasteiger charge is 2.03. The molecule has 0 unspecified atom stereocenters. The molecule has 0 saturated heterocycles. The number of hydrogen-bond acceptors (Lipinski definition) is 5. The number of benzene rings is 1. The largest absolute Gasteiger partial charge is 0.396 e. The number of halogens is 1. The highest BCUT2D eigenvalue weighted by Crippen LogP contribution is 2.24. The van der Waals surface area contributed by atoms with Crippen molar-refractivity contribution in [2.45, 2.75) is 0 Å². The molecule has 1 heterocycles. The molecule has 1 aromatic heterocycles. The lowest BCUT2D eigenvalue weighted by Gasteiger charge is -2.08. The summed E-state index contributed by atoms with van der Waals surface area (Å²) in [6, 6.07) is 10.8. The van der Waals surface area contributed by atoms with Crippen molar-refractivity contribution in [1.29, 1.82) is 5.26 Å². The predicted octanol–water partition coefficient (Wildman–Crippen LogP) is 2.62. The van der Waals surface area contributed by atoms with Gasteiger partial charge in [0, 0.05) is 10.2 Å². The first-order valence-corrected chi connectivity index (χ1v) is 5.88. The summed E-state index contributed by atoms with van der Waals surface area (Å²) in [7, 11) is 0. The second-order valence-electron chi connectivity index (χ2n) is 3.60. The van der Waals surface area contributed by atoms with E-state index in [1.165, 1.54) is 0 Å². The first kappa shape index (κ1) is 12.2. The fourth-order valence-electron chi connectivity index (χ4n) is 1.39. The molecule has 0 amide bonds. The molecule has 5 nitrogen and oxygen atoms in total. The van der Waals surface area contributed by atoms with Gasteiger partial charge in [0.15, 0.2) is 0 Å². The van der Waals surface area contributed by atoms with Crippen molar-refractivity contribution < 1.29 is 0 Å². The molecule has 0 spiro atoms. The first-order valence-electron chi connectivity index (χ1n) is 5.09. The Kier molecular flexibility index (Phi) is 3.35. The Hall–Kier alpha value is -2.26. The molecule has 18 heavy (non-hydrogen) atoms. The predicted molar refractivity (Wildman–Crippen MR) is 75.2 cm³/mol. The van der Waals surface area contributed by atoms with E-state index in [2.05, 4.69) is 32.3 Å². The third-order valence-corrected chi connectivity index (χ3v) is 2.98. The number of pyridine rings is 1. The molecule has 0 aliphatic heterocycles. The summed E-state index contributed by atoms with van der Waals surface area (Å²) in [6.45, 7) is 0. The Morgan fingerprint density at radius 2 is 2.00 bits per heavy atom. The van der Waals surface area contributed by atoms with Crippen LogP contribution in [0.4, 0.5) is 23.0 Å². The molecule has 0 aliphatic carbocycles. The van der Waals surface area contributed by atoms with Crippen LogP contribution < -0.4 is 16.8 Å². The molecule has 2 rings (SSSR count). The van der Waals surface area contributed by atoms with Gasteiger partial charge in [0.05, 0.1) is 11.3 Å². The van der Waals surface area contributed by atoms with Crippen LogP contribution >= 0.6 is 15.9 Å². The topological polar surface area (TPSA) is 101 Å². The minimum atomic E-state index is 0.285. The zero-order valence-electron chi connectivity index (χ0n) is 9.31. The molecule has 1 aromatic carbocycles. The van der Waals surface area contributed by atoms with Crippen LogP contribution in [0.2, 0.25) is 0 Å². The number of anilines is 4. The molecule has 0 bridgehead atoms. The van der Waals surface area contributed by atoms with Gasteiger partial charge >= 0.3 is 0 Å². The number of aromatic nitrogens is 1. The Morgan fingerprint density at radius 3 is 2.61 bits per heavy atom. The van der Waals surface area contributed by atoms with Crippen LogP contribution in [0.15, 0.2) is 34.8 Å². The van der Waals surface area contributed by atoms with Crippen molar-refractivity contribution in [2.75, 3.05) is 16.8 Å². The van der Waals surface area contributed by atoms with Crippen LogP contribution in [0, 0.1) is 11.3 Å². The van der Waals surface area contributed by atoms with Gasteiger partial charge < -0.3 is 16.8 Å². The van der Waals surface area contributed by atoms with E-state index in [-0.39, 0.29) is 5.82 Å². The fraction of sp³-hybridized carbons (Fsp3) is 0. The molecule has 5 N–H and O–H groups in total. The lowest BCUT2D eigenvalue weighted by Crippen LogP contribution is -2.01. The monoisotopic (exact) mass is 303 g/mol. The van der Waals surface area contributed by atoms with Gasteiger partial charge in [-0.25, -0.2) is 4.98 Å². The van der Waals surface area contributed by atoms with Gasteiger partial charge in [0.25, 0.3) is 0 Å². The fourth-order valence-corrected chi connectivity index (χ4v) is 1.85. The van der Waals surface area contributed by atoms with E-state index in [1.54, 1.807) is 30.3 Å². The highest BCUT2D eigenvalue weighted by molar-refractivity contribution is 9.10. The van der Waals surface area contributed by atoms with Crippen molar-refractivity contribution in [3.8, 4) is 6.07 Å². The molecule has 0 saturated carbocycles. The van der Waals surface area contributed by atoms with Crippen LogP contribution in [0.3, 0.4) is 0 Å². The maximum absolute atomic E-state index is 8.82. The van der Waals surface area contributed by atoms with Crippen LogP contribution in [-0.4, -0.2) is 4.98 Å². The van der Waals surface area contributed by atoms with Crippen molar-refractivity contribution in [3.63, 3.8) is 0 Å². The van der Waals surface area contributed by atoms with Gasteiger partial charge in [-0.1, -0.05) is 0 Å². The summed E-state index contributed by atoms with van der Waals surface area (Å²) in [5.41, 5.74) is 13.0. The molecule has 6 heteroatoms. The van der Waals surface area contributed by atoms with Gasteiger partial charge in [0.1, 0.15) is 17.7 Å². The quantitative estimate of drug-likeness (QED) is 0.791. The maximum atomic E-state index is 8.82.